The minimum absolute atomic E-state index is 0.151. The van der Waals surface area contributed by atoms with E-state index >= 15 is 0 Å². The summed E-state index contributed by atoms with van der Waals surface area (Å²) >= 11 is 2.98. The van der Waals surface area contributed by atoms with E-state index in [2.05, 4.69) is 31.4 Å². The van der Waals surface area contributed by atoms with Crippen LogP contribution in [0, 0.1) is 15.9 Å². The Labute approximate surface area is 115 Å². The van der Waals surface area contributed by atoms with E-state index in [1.165, 1.54) is 12.4 Å². The Hall–Kier alpha value is -2.03. The Morgan fingerprint density at radius 3 is 2.95 bits per heavy atom. The Bertz CT molecular complexity index is 591. The van der Waals surface area contributed by atoms with E-state index < -0.39 is 10.7 Å². The fraction of sp³-hybridized carbons (Fsp3) is 0.200. The number of aromatic nitrogens is 2. The van der Waals surface area contributed by atoms with Crippen molar-refractivity contribution in [1.29, 1.82) is 0 Å². The highest BCUT2D eigenvalue weighted by Crippen LogP contribution is 2.30. The summed E-state index contributed by atoms with van der Waals surface area (Å²) in [6, 6.07) is 2.18. The van der Waals surface area contributed by atoms with E-state index in [0.717, 1.165) is 6.07 Å². The lowest BCUT2D eigenvalue weighted by Crippen LogP contribution is -2.07. The molecule has 2 rings (SSSR count). The SMILES string of the molecule is O=[N+]([O-])c1cc(F)c(Br)cc1NCCc1ncno1. The predicted molar refractivity (Wildman–Crippen MR) is 67.2 cm³/mol. The number of hydrogen-bond acceptors (Lipinski definition) is 6. The third-order valence-electron chi connectivity index (χ3n) is 2.30. The van der Waals surface area contributed by atoms with Crippen LogP contribution in [0.2, 0.25) is 0 Å². The van der Waals surface area contributed by atoms with Crippen molar-refractivity contribution in [3.05, 3.63) is 44.8 Å². The number of benzene rings is 1. The Kier molecular flexibility index (Phi) is 4.05. The van der Waals surface area contributed by atoms with Crippen LogP contribution in [0.4, 0.5) is 15.8 Å². The number of nitro benzene ring substituents is 1. The third kappa shape index (κ3) is 3.25. The molecule has 1 aromatic carbocycles. The maximum Gasteiger partial charge on any atom is 0.295 e. The number of nitro groups is 1. The Balaban J connectivity index is 2.10. The van der Waals surface area contributed by atoms with Crippen molar-refractivity contribution in [2.75, 3.05) is 11.9 Å². The lowest BCUT2D eigenvalue weighted by atomic mass is 10.2. The normalized spacial score (nSPS) is 10.4. The second-order valence-corrected chi connectivity index (χ2v) is 4.41. The predicted octanol–water partition coefficient (Wildman–Crippen LogP) is 2.53. The van der Waals surface area contributed by atoms with Gasteiger partial charge in [-0.1, -0.05) is 5.16 Å². The maximum absolute atomic E-state index is 13.3. The van der Waals surface area contributed by atoms with Gasteiger partial charge in [0.05, 0.1) is 15.5 Å². The molecule has 1 heterocycles. The topological polar surface area (TPSA) is 94.1 Å². The van der Waals surface area contributed by atoms with Crippen molar-refractivity contribution in [3.8, 4) is 0 Å². The van der Waals surface area contributed by atoms with Gasteiger partial charge >= 0.3 is 0 Å². The molecule has 100 valence electrons. The molecule has 1 aromatic heterocycles. The van der Waals surface area contributed by atoms with Gasteiger partial charge < -0.3 is 9.84 Å². The van der Waals surface area contributed by atoms with Crippen LogP contribution in [-0.4, -0.2) is 21.6 Å². The van der Waals surface area contributed by atoms with Crippen LogP contribution in [0.5, 0.6) is 0 Å². The first-order chi connectivity index (χ1) is 9.08. The van der Waals surface area contributed by atoms with Crippen LogP contribution < -0.4 is 5.32 Å². The summed E-state index contributed by atoms with van der Waals surface area (Å²) in [5.41, 5.74) is -0.107. The van der Waals surface area contributed by atoms with Gasteiger partial charge in [-0.25, -0.2) is 4.39 Å². The van der Waals surface area contributed by atoms with E-state index in [9.17, 15) is 14.5 Å². The molecule has 0 saturated heterocycles. The second kappa shape index (κ2) is 5.74. The summed E-state index contributed by atoms with van der Waals surface area (Å²) < 4.78 is 18.2. The van der Waals surface area contributed by atoms with Crippen molar-refractivity contribution in [2.24, 2.45) is 0 Å². The molecule has 19 heavy (non-hydrogen) atoms. The average Bonchev–Trinajstić information content (AvgIpc) is 2.86. The van der Waals surface area contributed by atoms with Crippen LogP contribution in [0.3, 0.4) is 0 Å². The molecular weight excluding hydrogens is 323 g/mol. The molecule has 0 unspecified atom stereocenters. The molecule has 9 heteroatoms. The van der Waals surface area contributed by atoms with Gasteiger partial charge in [-0.15, -0.1) is 0 Å². The Morgan fingerprint density at radius 2 is 2.32 bits per heavy atom. The lowest BCUT2D eigenvalue weighted by molar-refractivity contribution is -0.384. The monoisotopic (exact) mass is 330 g/mol. The van der Waals surface area contributed by atoms with Crippen molar-refractivity contribution >= 4 is 27.3 Å². The van der Waals surface area contributed by atoms with Crippen molar-refractivity contribution in [2.45, 2.75) is 6.42 Å². The molecule has 0 spiro atoms. The largest absolute Gasteiger partial charge is 0.379 e. The maximum atomic E-state index is 13.3. The fourth-order valence-electron chi connectivity index (χ4n) is 1.44. The smallest absolute Gasteiger partial charge is 0.295 e. The lowest BCUT2D eigenvalue weighted by Gasteiger charge is -2.06. The first kappa shape index (κ1) is 13.4. The summed E-state index contributed by atoms with van der Waals surface area (Å²) in [5.74, 6) is -0.273. The van der Waals surface area contributed by atoms with Gasteiger partial charge in [-0.05, 0) is 22.0 Å². The summed E-state index contributed by atoms with van der Waals surface area (Å²) in [6.45, 7) is 0.348. The van der Waals surface area contributed by atoms with E-state index in [1.54, 1.807) is 0 Å². The van der Waals surface area contributed by atoms with Crippen LogP contribution in [0.15, 0.2) is 27.5 Å². The van der Waals surface area contributed by atoms with E-state index in [4.69, 9.17) is 4.52 Å². The third-order valence-corrected chi connectivity index (χ3v) is 2.90. The first-order valence-electron chi connectivity index (χ1n) is 5.21. The van der Waals surface area contributed by atoms with Gasteiger partial charge in [0.15, 0.2) is 6.33 Å². The molecule has 2 aromatic rings. The number of nitrogens with one attached hydrogen (secondary N) is 1. The van der Waals surface area contributed by atoms with Crippen LogP contribution >= 0.6 is 15.9 Å². The van der Waals surface area contributed by atoms with Gasteiger partial charge in [0.1, 0.15) is 11.5 Å². The molecule has 0 aliphatic heterocycles. The summed E-state index contributed by atoms with van der Waals surface area (Å²) in [4.78, 5) is 14.0. The molecule has 0 radical (unpaired) electrons. The molecule has 0 atom stereocenters. The van der Waals surface area contributed by atoms with E-state index in [-0.39, 0.29) is 15.8 Å². The minimum atomic E-state index is -0.686. The molecular formula is C10H8BrFN4O3. The summed E-state index contributed by atoms with van der Waals surface area (Å²) in [5, 5.41) is 17.1. The fourth-order valence-corrected chi connectivity index (χ4v) is 1.78. The molecule has 0 bridgehead atoms. The molecule has 0 aliphatic carbocycles. The highest BCUT2D eigenvalue weighted by Gasteiger charge is 2.17. The van der Waals surface area contributed by atoms with Gasteiger partial charge in [-0.3, -0.25) is 10.1 Å². The average molecular weight is 331 g/mol. The molecule has 0 aliphatic rings. The van der Waals surface area contributed by atoms with Crippen LogP contribution in [0.1, 0.15) is 5.89 Å². The quantitative estimate of drug-likeness (QED) is 0.668. The zero-order valence-corrected chi connectivity index (χ0v) is 11.1. The van der Waals surface area contributed by atoms with Gasteiger partial charge in [0.25, 0.3) is 5.69 Å². The zero-order chi connectivity index (χ0) is 13.8. The molecule has 0 fully saturated rings. The number of anilines is 1. The minimum Gasteiger partial charge on any atom is -0.379 e. The van der Waals surface area contributed by atoms with Crippen molar-refractivity contribution in [1.82, 2.24) is 10.1 Å². The molecule has 1 N–H and O–H groups in total. The van der Waals surface area contributed by atoms with E-state index in [1.807, 2.05) is 0 Å². The molecule has 7 nitrogen and oxygen atoms in total. The van der Waals surface area contributed by atoms with Crippen molar-refractivity contribution in [3.63, 3.8) is 0 Å². The molecule has 0 saturated carbocycles. The van der Waals surface area contributed by atoms with Gasteiger partial charge in [0, 0.05) is 13.0 Å². The van der Waals surface area contributed by atoms with Crippen LogP contribution in [-0.2, 0) is 6.42 Å². The Morgan fingerprint density at radius 1 is 1.53 bits per heavy atom. The number of halogens is 2. The highest BCUT2D eigenvalue weighted by atomic mass is 79.9. The first-order valence-corrected chi connectivity index (χ1v) is 6.00. The molecule has 0 amide bonds. The van der Waals surface area contributed by atoms with Gasteiger partial charge in [-0.2, -0.15) is 4.98 Å². The van der Waals surface area contributed by atoms with Gasteiger partial charge in [0.2, 0.25) is 5.89 Å². The summed E-state index contributed by atoms with van der Waals surface area (Å²) in [6.07, 6.45) is 1.68. The second-order valence-electron chi connectivity index (χ2n) is 3.55. The van der Waals surface area contributed by atoms with Crippen LogP contribution in [0.25, 0.3) is 0 Å². The standard InChI is InChI=1S/C10H8BrFN4O3/c11-6-3-8(9(16(17)18)4-7(6)12)13-2-1-10-14-5-15-19-10/h3-5,13H,1-2H2. The van der Waals surface area contributed by atoms with Crippen molar-refractivity contribution < 1.29 is 13.8 Å². The number of rotatable bonds is 5. The number of nitrogens with zero attached hydrogens (tertiary/aromatic N) is 3. The zero-order valence-electron chi connectivity index (χ0n) is 9.47. The summed E-state index contributed by atoms with van der Waals surface area (Å²) in [7, 11) is 0. The van der Waals surface area contributed by atoms with E-state index in [0.29, 0.717) is 18.9 Å². The number of hydrogen-bond donors (Lipinski definition) is 1. The highest BCUT2D eigenvalue weighted by molar-refractivity contribution is 9.10.